The minimum Gasteiger partial charge on any atom is -0.325 e. The van der Waals surface area contributed by atoms with Crippen molar-refractivity contribution in [2.24, 2.45) is 0 Å². The van der Waals surface area contributed by atoms with Crippen LogP contribution in [0.15, 0.2) is 47.5 Å². The molecule has 0 spiro atoms. The lowest BCUT2D eigenvalue weighted by Crippen LogP contribution is -2.35. The molecule has 1 aromatic heterocycles. The molecule has 0 saturated carbocycles. The molecule has 7 nitrogen and oxygen atoms in total. The number of aromatic nitrogens is 1. The van der Waals surface area contributed by atoms with Crippen molar-refractivity contribution < 1.29 is 31.2 Å². The van der Waals surface area contributed by atoms with Crippen LogP contribution in [-0.4, -0.2) is 36.9 Å². The number of hydrogen-bond acceptors (Lipinski definition) is 5. The van der Waals surface area contributed by atoms with E-state index in [1.54, 1.807) is 19.2 Å². The smallest absolute Gasteiger partial charge is 0.325 e. The third-order valence-corrected chi connectivity index (χ3v) is 6.60. The number of halogens is 3. The average molecular weight is 455 g/mol. The molecule has 1 aliphatic heterocycles. The zero-order chi connectivity index (χ0) is 23.1. The molecule has 0 bridgehead atoms. The topological polar surface area (TPSA) is 96.4 Å². The van der Waals surface area contributed by atoms with Gasteiger partial charge >= 0.3 is 11.5 Å². The van der Waals surface area contributed by atoms with Gasteiger partial charge in [0.25, 0.3) is 15.7 Å². The largest absolute Gasteiger partial charge is 0.501 e. The van der Waals surface area contributed by atoms with E-state index in [-0.39, 0.29) is 11.6 Å². The third kappa shape index (κ3) is 4.14. The molecule has 2 atom stereocenters. The molecule has 166 valence electrons. The Morgan fingerprint density at radius 2 is 1.68 bits per heavy atom. The summed E-state index contributed by atoms with van der Waals surface area (Å²) in [6.45, 7) is 5.72. The molecule has 3 rings (SSSR count). The summed E-state index contributed by atoms with van der Waals surface area (Å²) in [6.07, 6.45) is 1.62. The number of nitrogens with zero attached hydrogens (tertiary/aromatic N) is 2. The minimum absolute atomic E-state index is 0.0316. The minimum atomic E-state index is -5.53. The molecule has 1 saturated heterocycles. The SMILES string of the molecule is CC(C)c1cc(C(C)C2NC(=O)N(c3ccc(S(=O)(=O)C(F)(F)F)cc3)C2=O)ccn1. The van der Waals surface area contributed by atoms with Gasteiger partial charge in [-0.3, -0.25) is 9.78 Å². The number of sulfone groups is 1. The van der Waals surface area contributed by atoms with E-state index in [1.165, 1.54) is 0 Å². The van der Waals surface area contributed by atoms with Gasteiger partial charge in [0.2, 0.25) is 0 Å². The highest BCUT2D eigenvalue weighted by atomic mass is 32.2. The number of carbonyl (C=O) groups is 2. The van der Waals surface area contributed by atoms with Gasteiger partial charge in [-0.1, -0.05) is 20.8 Å². The molecule has 1 fully saturated rings. The van der Waals surface area contributed by atoms with Gasteiger partial charge in [0.15, 0.2) is 0 Å². The summed E-state index contributed by atoms with van der Waals surface area (Å²) < 4.78 is 61.1. The van der Waals surface area contributed by atoms with Crippen LogP contribution in [0.4, 0.5) is 23.7 Å². The highest BCUT2D eigenvalue weighted by molar-refractivity contribution is 7.92. The van der Waals surface area contributed by atoms with Crippen LogP contribution in [0.3, 0.4) is 0 Å². The number of imide groups is 1. The van der Waals surface area contributed by atoms with Gasteiger partial charge in [-0.15, -0.1) is 0 Å². The second-order valence-corrected chi connectivity index (χ2v) is 9.44. The van der Waals surface area contributed by atoms with Crippen molar-refractivity contribution in [3.63, 3.8) is 0 Å². The molecular weight excluding hydrogens is 435 g/mol. The standard InChI is InChI=1S/C20H20F3N3O4S/c1-11(2)16-10-13(8-9-24-16)12(3)17-18(27)26(19(28)25-17)14-4-6-15(7-5-14)31(29,30)20(21,22)23/h4-12,17H,1-3H3,(H,25,28). The number of rotatable bonds is 5. The number of nitrogens with one attached hydrogen (secondary N) is 1. The van der Waals surface area contributed by atoms with Gasteiger partial charge in [0.05, 0.1) is 10.6 Å². The Labute approximate surface area is 177 Å². The predicted octanol–water partition coefficient (Wildman–Crippen LogP) is 3.73. The molecule has 1 aromatic carbocycles. The van der Waals surface area contributed by atoms with Crippen LogP contribution < -0.4 is 10.2 Å². The zero-order valence-corrected chi connectivity index (χ0v) is 17.7. The van der Waals surface area contributed by atoms with E-state index in [2.05, 4.69) is 10.3 Å². The van der Waals surface area contributed by atoms with E-state index < -0.39 is 44.1 Å². The summed E-state index contributed by atoms with van der Waals surface area (Å²) >= 11 is 0. The summed E-state index contributed by atoms with van der Waals surface area (Å²) in [5, 5.41) is 2.59. The van der Waals surface area contributed by atoms with E-state index in [9.17, 15) is 31.2 Å². The average Bonchev–Trinajstić information content (AvgIpc) is 3.00. The Morgan fingerprint density at radius 1 is 1.06 bits per heavy atom. The maximum atomic E-state index is 12.9. The van der Waals surface area contributed by atoms with Crippen molar-refractivity contribution in [2.75, 3.05) is 4.90 Å². The van der Waals surface area contributed by atoms with Crippen molar-refractivity contribution in [2.45, 2.75) is 49.1 Å². The number of urea groups is 1. The second-order valence-electron chi connectivity index (χ2n) is 7.50. The highest BCUT2D eigenvalue weighted by Gasteiger charge is 2.47. The van der Waals surface area contributed by atoms with Crippen LogP contribution >= 0.6 is 0 Å². The maximum absolute atomic E-state index is 12.9. The molecule has 1 N–H and O–H groups in total. The van der Waals surface area contributed by atoms with Crippen LogP contribution in [0, 0.1) is 0 Å². The van der Waals surface area contributed by atoms with Crippen LogP contribution in [0.25, 0.3) is 0 Å². The Morgan fingerprint density at radius 3 is 2.23 bits per heavy atom. The van der Waals surface area contributed by atoms with Gasteiger partial charge in [0.1, 0.15) is 6.04 Å². The van der Waals surface area contributed by atoms with Gasteiger partial charge in [-0.05, 0) is 47.9 Å². The molecule has 31 heavy (non-hydrogen) atoms. The zero-order valence-electron chi connectivity index (χ0n) is 16.8. The lowest BCUT2D eigenvalue weighted by Gasteiger charge is -2.19. The molecular formula is C20H20F3N3O4S. The Bertz CT molecular complexity index is 1120. The number of alkyl halides is 3. The van der Waals surface area contributed by atoms with Gasteiger partial charge < -0.3 is 5.32 Å². The quantitative estimate of drug-likeness (QED) is 0.693. The van der Waals surface area contributed by atoms with E-state index in [1.807, 2.05) is 19.9 Å². The number of anilines is 1. The number of hydrogen-bond donors (Lipinski definition) is 1. The number of carbonyl (C=O) groups excluding carboxylic acids is 2. The van der Waals surface area contributed by atoms with Gasteiger partial charge in [-0.2, -0.15) is 13.2 Å². The first kappa shape index (κ1) is 22.7. The van der Waals surface area contributed by atoms with Crippen LogP contribution in [0.2, 0.25) is 0 Å². The molecule has 0 aliphatic carbocycles. The van der Waals surface area contributed by atoms with Crippen molar-refractivity contribution in [1.29, 1.82) is 0 Å². The fourth-order valence-corrected chi connectivity index (χ4v) is 4.01. The first-order valence-electron chi connectivity index (χ1n) is 9.36. The summed E-state index contributed by atoms with van der Waals surface area (Å²) in [5.41, 5.74) is -3.85. The van der Waals surface area contributed by atoms with Crippen LogP contribution in [0.5, 0.6) is 0 Å². The predicted molar refractivity (Wildman–Crippen MR) is 106 cm³/mol. The number of amides is 3. The van der Waals surface area contributed by atoms with Crippen LogP contribution in [-0.2, 0) is 14.6 Å². The highest BCUT2D eigenvalue weighted by Crippen LogP contribution is 2.33. The fourth-order valence-electron chi connectivity index (χ4n) is 3.25. The second kappa shape index (κ2) is 7.95. The molecule has 2 heterocycles. The lowest BCUT2D eigenvalue weighted by molar-refractivity contribution is -0.118. The van der Waals surface area contributed by atoms with Crippen molar-refractivity contribution >= 4 is 27.5 Å². The first-order valence-corrected chi connectivity index (χ1v) is 10.8. The van der Waals surface area contributed by atoms with Crippen molar-refractivity contribution in [3.8, 4) is 0 Å². The number of benzene rings is 1. The molecule has 2 aromatic rings. The van der Waals surface area contributed by atoms with E-state index in [0.29, 0.717) is 12.1 Å². The third-order valence-electron chi connectivity index (χ3n) is 5.10. The normalized spacial score (nSPS) is 18.4. The van der Waals surface area contributed by atoms with Gasteiger partial charge in [-0.25, -0.2) is 18.1 Å². The summed E-state index contributed by atoms with van der Waals surface area (Å²) in [7, 11) is -5.53. The van der Waals surface area contributed by atoms with E-state index in [4.69, 9.17) is 0 Å². The fraction of sp³-hybridized carbons (Fsp3) is 0.350. The van der Waals surface area contributed by atoms with E-state index >= 15 is 0 Å². The molecule has 11 heteroatoms. The van der Waals surface area contributed by atoms with Crippen molar-refractivity contribution in [3.05, 3.63) is 53.9 Å². The maximum Gasteiger partial charge on any atom is 0.501 e. The Kier molecular flexibility index (Phi) is 5.83. The van der Waals surface area contributed by atoms with Crippen LogP contribution in [0.1, 0.15) is 43.9 Å². The summed E-state index contributed by atoms with van der Waals surface area (Å²) in [5.74, 6) is -0.817. The Balaban J connectivity index is 1.86. The van der Waals surface area contributed by atoms with Crippen molar-refractivity contribution in [1.82, 2.24) is 10.3 Å². The molecule has 1 aliphatic rings. The molecule has 0 radical (unpaired) electrons. The monoisotopic (exact) mass is 455 g/mol. The van der Waals surface area contributed by atoms with E-state index in [0.717, 1.165) is 28.3 Å². The Hall–Kier alpha value is -2.95. The first-order chi connectivity index (χ1) is 14.3. The molecule has 2 unspecified atom stereocenters. The lowest BCUT2D eigenvalue weighted by atomic mass is 9.92. The summed E-state index contributed by atoms with van der Waals surface area (Å²) in [4.78, 5) is 29.4. The molecule has 3 amide bonds. The summed E-state index contributed by atoms with van der Waals surface area (Å²) in [6, 6.07) is 5.38. The van der Waals surface area contributed by atoms with Gasteiger partial charge in [0, 0.05) is 17.8 Å². The number of pyridine rings is 1.